The first-order chi connectivity index (χ1) is 7.02. The maximum absolute atomic E-state index is 11.4. The first-order valence-corrected chi connectivity index (χ1v) is 6.03. The third-order valence-electron chi connectivity index (χ3n) is 2.90. The highest BCUT2D eigenvalue weighted by Crippen LogP contribution is 2.21. The van der Waals surface area contributed by atoms with E-state index in [0.717, 1.165) is 19.3 Å². The summed E-state index contributed by atoms with van der Waals surface area (Å²) in [4.78, 5) is 11.4. The van der Waals surface area contributed by atoms with Gasteiger partial charge in [0.25, 0.3) is 0 Å². The molecular weight excluding hydrogens is 190 g/mol. The lowest BCUT2D eigenvalue weighted by atomic mass is 9.87. The number of hydrogen-bond acceptors (Lipinski definition) is 2. The van der Waals surface area contributed by atoms with Crippen molar-refractivity contribution in [1.82, 2.24) is 5.32 Å². The maximum Gasteiger partial charge on any atom is 0.323 e. The van der Waals surface area contributed by atoms with Crippen LogP contribution in [-0.2, 0) is 4.79 Å². The highest BCUT2D eigenvalue weighted by molar-refractivity contribution is 5.78. The molecular formula is C12H25NO2. The van der Waals surface area contributed by atoms with Gasteiger partial charge in [0.15, 0.2) is 0 Å². The number of rotatable bonds is 8. The summed E-state index contributed by atoms with van der Waals surface area (Å²) in [6, 6.07) is 0.263. The van der Waals surface area contributed by atoms with Crippen LogP contribution in [0.25, 0.3) is 0 Å². The molecule has 3 nitrogen and oxygen atoms in total. The molecule has 0 aliphatic carbocycles. The average molecular weight is 215 g/mol. The molecule has 0 aromatic carbocycles. The van der Waals surface area contributed by atoms with Gasteiger partial charge in [-0.1, -0.05) is 33.6 Å². The monoisotopic (exact) mass is 215 g/mol. The Balaban J connectivity index is 4.68. The van der Waals surface area contributed by atoms with Crippen LogP contribution >= 0.6 is 0 Å². The summed E-state index contributed by atoms with van der Waals surface area (Å²) in [5, 5.41) is 12.6. The van der Waals surface area contributed by atoms with E-state index in [1.54, 1.807) is 0 Å². The SMILES string of the molecule is CCCC(CCC)(NC(C)CC)C(=O)O. The summed E-state index contributed by atoms with van der Waals surface area (Å²) >= 11 is 0. The van der Waals surface area contributed by atoms with Gasteiger partial charge in [-0.05, 0) is 26.2 Å². The van der Waals surface area contributed by atoms with E-state index in [2.05, 4.69) is 12.2 Å². The highest BCUT2D eigenvalue weighted by Gasteiger charge is 2.37. The predicted molar refractivity (Wildman–Crippen MR) is 63.1 cm³/mol. The molecule has 15 heavy (non-hydrogen) atoms. The van der Waals surface area contributed by atoms with Crippen molar-refractivity contribution in [2.45, 2.75) is 71.4 Å². The van der Waals surface area contributed by atoms with Crippen LogP contribution in [-0.4, -0.2) is 22.7 Å². The van der Waals surface area contributed by atoms with E-state index >= 15 is 0 Å². The Labute approximate surface area is 93.3 Å². The number of carbonyl (C=O) groups is 1. The fourth-order valence-corrected chi connectivity index (χ4v) is 1.97. The molecule has 1 unspecified atom stereocenters. The van der Waals surface area contributed by atoms with E-state index in [1.807, 2.05) is 20.8 Å². The lowest BCUT2D eigenvalue weighted by Gasteiger charge is -2.33. The quantitative estimate of drug-likeness (QED) is 0.654. The first-order valence-electron chi connectivity index (χ1n) is 6.03. The zero-order valence-corrected chi connectivity index (χ0v) is 10.5. The fraction of sp³-hybridized carbons (Fsp3) is 0.917. The van der Waals surface area contributed by atoms with Crippen molar-refractivity contribution in [3.63, 3.8) is 0 Å². The van der Waals surface area contributed by atoms with Gasteiger partial charge in [-0.3, -0.25) is 10.1 Å². The molecule has 0 fully saturated rings. The number of carboxylic acid groups (broad SMARTS) is 1. The Bertz CT molecular complexity index is 186. The number of nitrogens with one attached hydrogen (secondary N) is 1. The van der Waals surface area contributed by atoms with E-state index in [1.165, 1.54) is 0 Å². The van der Waals surface area contributed by atoms with Crippen LogP contribution in [0.4, 0.5) is 0 Å². The van der Waals surface area contributed by atoms with E-state index in [4.69, 9.17) is 0 Å². The van der Waals surface area contributed by atoms with Crippen LogP contribution in [0.1, 0.15) is 59.8 Å². The van der Waals surface area contributed by atoms with E-state index in [0.29, 0.717) is 12.8 Å². The lowest BCUT2D eigenvalue weighted by Crippen LogP contribution is -2.55. The number of aliphatic carboxylic acids is 1. The molecule has 0 saturated heterocycles. The molecule has 0 amide bonds. The summed E-state index contributed by atoms with van der Waals surface area (Å²) in [7, 11) is 0. The number of carboxylic acids is 1. The minimum atomic E-state index is -0.709. The van der Waals surface area contributed by atoms with Gasteiger partial charge in [0, 0.05) is 6.04 Å². The largest absolute Gasteiger partial charge is 0.480 e. The Morgan fingerprint density at radius 2 is 1.73 bits per heavy atom. The molecule has 0 aliphatic rings. The van der Waals surface area contributed by atoms with Gasteiger partial charge < -0.3 is 5.11 Å². The van der Waals surface area contributed by atoms with Crippen LogP contribution in [0.3, 0.4) is 0 Å². The molecule has 0 aromatic heterocycles. The first kappa shape index (κ1) is 14.4. The molecule has 0 rings (SSSR count). The third kappa shape index (κ3) is 4.20. The van der Waals surface area contributed by atoms with Crippen molar-refractivity contribution >= 4 is 5.97 Å². The molecule has 0 saturated carbocycles. The maximum atomic E-state index is 11.4. The Morgan fingerprint density at radius 3 is 2.00 bits per heavy atom. The molecule has 0 radical (unpaired) electrons. The number of hydrogen-bond donors (Lipinski definition) is 2. The molecule has 2 N–H and O–H groups in total. The van der Waals surface area contributed by atoms with Crippen LogP contribution < -0.4 is 5.32 Å². The second kappa shape index (κ2) is 6.83. The average Bonchev–Trinajstić information content (AvgIpc) is 2.18. The fourth-order valence-electron chi connectivity index (χ4n) is 1.97. The molecule has 0 heterocycles. The summed E-state index contributed by atoms with van der Waals surface area (Å²) in [5.41, 5.74) is -0.709. The summed E-state index contributed by atoms with van der Waals surface area (Å²) in [5.74, 6) is -0.702. The highest BCUT2D eigenvalue weighted by atomic mass is 16.4. The van der Waals surface area contributed by atoms with Crippen molar-refractivity contribution in [3.8, 4) is 0 Å². The zero-order valence-electron chi connectivity index (χ0n) is 10.5. The van der Waals surface area contributed by atoms with Gasteiger partial charge in [-0.25, -0.2) is 0 Å². The van der Waals surface area contributed by atoms with Crippen LogP contribution in [0.5, 0.6) is 0 Å². The smallest absolute Gasteiger partial charge is 0.323 e. The van der Waals surface area contributed by atoms with E-state index in [9.17, 15) is 9.90 Å². The van der Waals surface area contributed by atoms with Crippen molar-refractivity contribution in [3.05, 3.63) is 0 Å². The van der Waals surface area contributed by atoms with Crippen LogP contribution in [0.2, 0.25) is 0 Å². The van der Waals surface area contributed by atoms with Crippen molar-refractivity contribution in [1.29, 1.82) is 0 Å². The van der Waals surface area contributed by atoms with Crippen molar-refractivity contribution in [2.75, 3.05) is 0 Å². The molecule has 1 atom stereocenters. The van der Waals surface area contributed by atoms with Crippen LogP contribution in [0.15, 0.2) is 0 Å². The summed E-state index contributed by atoms with van der Waals surface area (Å²) < 4.78 is 0. The van der Waals surface area contributed by atoms with Crippen LogP contribution in [0, 0.1) is 0 Å². The Hall–Kier alpha value is -0.570. The Kier molecular flexibility index (Phi) is 6.57. The third-order valence-corrected chi connectivity index (χ3v) is 2.90. The predicted octanol–water partition coefficient (Wildman–Crippen LogP) is 2.80. The topological polar surface area (TPSA) is 49.3 Å². The minimum Gasteiger partial charge on any atom is -0.480 e. The molecule has 0 bridgehead atoms. The van der Waals surface area contributed by atoms with Gasteiger partial charge >= 0.3 is 5.97 Å². The molecule has 90 valence electrons. The lowest BCUT2D eigenvalue weighted by molar-refractivity contribution is -0.146. The van der Waals surface area contributed by atoms with E-state index < -0.39 is 11.5 Å². The normalized spacial score (nSPS) is 13.9. The van der Waals surface area contributed by atoms with Gasteiger partial charge in [0.2, 0.25) is 0 Å². The Morgan fingerprint density at radius 1 is 1.27 bits per heavy atom. The molecule has 0 aliphatic heterocycles. The van der Waals surface area contributed by atoms with Gasteiger partial charge in [0.1, 0.15) is 5.54 Å². The second-order valence-corrected chi connectivity index (χ2v) is 4.34. The standard InChI is InChI=1S/C12H25NO2/c1-5-8-12(9-6-2,11(14)15)13-10(4)7-3/h10,13H,5-9H2,1-4H3,(H,14,15). The summed E-state index contributed by atoms with van der Waals surface area (Å²) in [6.07, 6.45) is 4.18. The summed E-state index contributed by atoms with van der Waals surface area (Å²) in [6.45, 7) is 8.18. The van der Waals surface area contributed by atoms with Crippen molar-refractivity contribution in [2.24, 2.45) is 0 Å². The van der Waals surface area contributed by atoms with Gasteiger partial charge in [-0.15, -0.1) is 0 Å². The van der Waals surface area contributed by atoms with E-state index in [-0.39, 0.29) is 6.04 Å². The minimum absolute atomic E-state index is 0.263. The molecule has 0 spiro atoms. The van der Waals surface area contributed by atoms with Gasteiger partial charge in [-0.2, -0.15) is 0 Å². The molecule has 3 heteroatoms. The zero-order chi connectivity index (χ0) is 11.9. The van der Waals surface area contributed by atoms with Crippen molar-refractivity contribution < 1.29 is 9.90 Å². The molecule has 0 aromatic rings. The van der Waals surface area contributed by atoms with Gasteiger partial charge in [0.05, 0.1) is 0 Å². The second-order valence-electron chi connectivity index (χ2n) is 4.34.